The lowest BCUT2D eigenvalue weighted by atomic mass is 9.52. The lowest BCUT2D eigenvalue weighted by Gasteiger charge is -2.60. The van der Waals surface area contributed by atoms with Gasteiger partial charge in [0.25, 0.3) is 6.43 Å². The predicted octanol–water partition coefficient (Wildman–Crippen LogP) is 4.99. The van der Waals surface area contributed by atoms with Gasteiger partial charge in [-0.1, -0.05) is 0 Å². The van der Waals surface area contributed by atoms with Crippen molar-refractivity contribution in [2.24, 2.45) is 23.9 Å². The normalized spacial score (nSPS) is 25.9. The molecule has 2 aromatic heterocycles. The van der Waals surface area contributed by atoms with E-state index in [0.717, 1.165) is 108 Å². The van der Waals surface area contributed by atoms with E-state index in [1.165, 1.54) is 23.4 Å². The number of hydrogen-bond donors (Lipinski definition) is 3. The maximum absolute atomic E-state index is 14.6. The number of aromatic nitrogens is 4. The van der Waals surface area contributed by atoms with Crippen LogP contribution in [0.3, 0.4) is 0 Å². The molecule has 1 aromatic carbocycles. The number of carboxylic acid groups (broad SMARTS) is 1. The SMILES string of the molecule is CN1CCc2c(c(N3CCCc4cc(-c5cnn(C)c5)c(C(F)F)cc43)nn2C2CCN(C3CC4(CC(O/C(N)=C/C=C(\N)C(=O)O)C4)C3)CC2)C1. The number of rotatable bonds is 9. The Kier molecular flexibility index (Phi) is 9.01. The van der Waals surface area contributed by atoms with E-state index in [-0.39, 0.29) is 23.2 Å². The van der Waals surface area contributed by atoms with Crippen LogP contribution in [0.25, 0.3) is 11.1 Å². The second-order valence-corrected chi connectivity index (χ2v) is 15.7. The minimum absolute atomic E-state index is 0.0381. The van der Waals surface area contributed by atoms with Gasteiger partial charge in [-0.25, -0.2) is 13.6 Å². The molecule has 3 aliphatic heterocycles. The van der Waals surface area contributed by atoms with Gasteiger partial charge in [-0.05, 0) is 99.2 Å². The first-order chi connectivity index (χ1) is 25.0. The van der Waals surface area contributed by atoms with Crippen molar-refractivity contribution >= 4 is 17.5 Å². The molecule has 1 spiro atoms. The highest BCUT2D eigenvalue weighted by atomic mass is 19.3. The van der Waals surface area contributed by atoms with Gasteiger partial charge in [0.05, 0.1) is 12.2 Å². The highest BCUT2D eigenvalue weighted by Gasteiger charge is 2.55. The number of carboxylic acids is 1. The van der Waals surface area contributed by atoms with E-state index in [0.29, 0.717) is 28.6 Å². The third-order valence-electron chi connectivity index (χ3n) is 12.1. The van der Waals surface area contributed by atoms with Gasteiger partial charge in [0, 0.05) is 86.5 Å². The average molecular weight is 718 g/mol. The van der Waals surface area contributed by atoms with Crippen LogP contribution in [0.2, 0.25) is 0 Å². The maximum atomic E-state index is 14.6. The van der Waals surface area contributed by atoms with Crippen LogP contribution in [0.4, 0.5) is 20.3 Å². The zero-order valence-electron chi connectivity index (χ0n) is 30.0. The lowest BCUT2D eigenvalue weighted by molar-refractivity contribution is -0.134. The Bertz CT molecular complexity index is 1900. The molecule has 1 saturated heterocycles. The van der Waals surface area contributed by atoms with Gasteiger partial charge < -0.3 is 36.0 Å². The topological polar surface area (TPSA) is 144 Å². The number of anilines is 2. The van der Waals surface area contributed by atoms with Gasteiger partial charge in [-0.3, -0.25) is 9.36 Å². The molecule has 3 aromatic rings. The number of hydrogen-bond acceptors (Lipinski definition) is 9. The Morgan fingerprint density at radius 2 is 1.81 bits per heavy atom. The van der Waals surface area contributed by atoms with E-state index in [9.17, 15) is 13.6 Å². The van der Waals surface area contributed by atoms with Crippen LogP contribution in [-0.4, -0.2) is 85.8 Å². The number of aliphatic carboxylic acids is 1. The molecule has 5 aliphatic rings. The number of piperidine rings is 1. The van der Waals surface area contributed by atoms with Gasteiger partial charge in [-0.15, -0.1) is 0 Å². The predicted molar refractivity (Wildman–Crippen MR) is 193 cm³/mol. The van der Waals surface area contributed by atoms with Crippen molar-refractivity contribution in [1.82, 2.24) is 29.4 Å². The summed E-state index contributed by atoms with van der Waals surface area (Å²) < 4.78 is 39.0. The Morgan fingerprint density at radius 3 is 2.50 bits per heavy atom. The number of carbonyl (C=O) groups is 1. The average Bonchev–Trinajstić information content (AvgIpc) is 3.70. The Balaban J connectivity index is 0.945. The minimum Gasteiger partial charge on any atom is -0.477 e. The van der Waals surface area contributed by atoms with E-state index in [1.54, 1.807) is 30.2 Å². The Morgan fingerprint density at radius 1 is 1.04 bits per heavy atom. The molecule has 14 heteroatoms. The number of allylic oxidation sites excluding steroid dienone is 2. The number of nitrogens with zero attached hydrogens (tertiary/aromatic N) is 7. The summed E-state index contributed by atoms with van der Waals surface area (Å²) in [5, 5.41) is 18.5. The quantitative estimate of drug-likeness (QED) is 0.158. The molecule has 52 heavy (non-hydrogen) atoms. The monoisotopic (exact) mass is 717 g/mol. The zero-order chi connectivity index (χ0) is 36.3. The molecular formula is C38H49F2N9O3. The van der Waals surface area contributed by atoms with Crippen molar-refractivity contribution in [3.8, 4) is 11.1 Å². The molecule has 5 heterocycles. The molecule has 2 saturated carbocycles. The number of fused-ring (bicyclic) bond motifs is 2. The molecule has 278 valence electrons. The van der Waals surface area contributed by atoms with Crippen molar-refractivity contribution in [3.63, 3.8) is 0 Å². The molecular weight excluding hydrogens is 668 g/mol. The number of benzene rings is 1. The summed E-state index contributed by atoms with van der Waals surface area (Å²) in [6, 6.07) is 4.56. The number of nitrogens with two attached hydrogens (primary N) is 2. The number of likely N-dealkylation sites (tertiary alicyclic amines) is 1. The van der Waals surface area contributed by atoms with E-state index in [2.05, 4.69) is 31.5 Å². The highest BCUT2D eigenvalue weighted by Crippen LogP contribution is 2.58. The van der Waals surface area contributed by atoms with Crippen molar-refractivity contribution < 1.29 is 23.4 Å². The number of ether oxygens (including phenoxy) is 1. The van der Waals surface area contributed by atoms with Gasteiger partial charge >= 0.3 is 5.97 Å². The highest BCUT2D eigenvalue weighted by molar-refractivity contribution is 5.85. The standard InChI is InChI=1S/C38H49F2N9O3/c1-45-11-9-32-30(22-45)36(48-10-3-4-23-14-28(24-20-43-46(2)21-24)29(35(39)40)15-33(23)48)44-49(32)25-7-12-47(13-8-25)26-16-38(17-26)18-27(19-38)52-34(42)6-5-31(41)37(50)51/h5-6,14-15,20-21,25-27,35H,3-4,7-13,16-19,22,41-42H2,1-2H3,(H,50,51)/b31-5-,34-6+. The fourth-order valence-corrected chi connectivity index (χ4v) is 9.43. The number of alkyl halides is 2. The third-order valence-corrected chi connectivity index (χ3v) is 12.1. The fourth-order valence-electron chi connectivity index (χ4n) is 9.43. The summed E-state index contributed by atoms with van der Waals surface area (Å²) in [5.74, 6) is -0.0702. The van der Waals surface area contributed by atoms with E-state index < -0.39 is 12.4 Å². The van der Waals surface area contributed by atoms with E-state index >= 15 is 0 Å². The lowest BCUT2D eigenvalue weighted by Crippen LogP contribution is -2.59. The number of likely N-dealkylation sites (N-methyl/N-ethyl adjacent to an activating group) is 1. The smallest absolute Gasteiger partial charge is 0.351 e. The molecule has 3 fully saturated rings. The van der Waals surface area contributed by atoms with Gasteiger partial charge in [0.1, 0.15) is 11.8 Å². The molecule has 8 rings (SSSR count). The fraction of sp³-hybridized carbons (Fsp3) is 0.553. The summed E-state index contributed by atoms with van der Waals surface area (Å²) in [5.41, 5.74) is 17.2. The minimum atomic E-state index is -2.60. The van der Waals surface area contributed by atoms with Crippen LogP contribution in [0.15, 0.2) is 48.3 Å². The van der Waals surface area contributed by atoms with Crippen LogP contribution >= 0.6 is 0 Å². The van der Waals surface area contributed by atoms with Gasteiger partial charge in [-0.2, -0.15) is 10.2 Å². The zero-order valence-corrected chi connectivity index (χ0v) is 30.0. The number of aryl methyl sites for hydroxylation is 2. The Labute approximate surface area is 302 Å². The second kappa shape index (κ2) is 13.5. The molecule has 0 atom stereocenters. The summed E-state index contributed by atoms with van der Waals surface area (Å²) >= 11 is 0. The molecule has 12 nitrogen and oxygen atoms in total. The maximum Gasteiger partial charge on any atom is 0.351 e. The first kappa shape index (κ1) is 34.6. The van der Waals surface area contributed by atoms with Gasteiger partial charge in [0.15, 0.2) is 11.7 Å². The molecule has 2 aliphatic carbocycles. The first-order valence-electron chi connectivity index (χ1n) is 18.5. The van der Waals surface area contributed by atoms with Crippen LogP contribution < -0.4 is 16.4 Å². The molecule has 5 N–H and O–H groups in total. The van der Waals surface area contributed by atoms with Gasteiger partial charge in [0.2, 0.25) is 0 Å². The summed E-state index contributed by atoms with van der Waals surface area (Å²) in [4.78, 5) is 18.1. The van der Waals surface area contributed by atoms with Crippen LogP contribution in [0, 0.1) is 5.41 Å². The number of halogens is 2. The van der Waals surface area contributed by atoms with Crippen LogP contribution in [0.5, 0.6) is 0 Å². The van der Waals surface area contributed by atoms with Crippen molar-refractivity contribution in [3.05, 3.63) is 70.6 Å². The third kappa shape index (κ3) is 6.44. The molecule has 0 bridgehead atoms. The summed E-state index contributed by atoms with van der Waals surface area (Å²) in [7, 11) is 3.95. The summed E-state index contributed by atoms with van der Waals surface area (Å²) in [6.45, 7) is 4.59. The molecule has 0 amide bonds. The van der Waals surface area contributed by atoms with Crippen LogP contribution in [0.1, 0.15) is 79.8 Å². The second-order valence-electron chi connectivity index (χ2n) is 15.7. The molecule has 0 unspecified atom stereocenters. The van der Waals surface area contributed by atoms with Crippen molar-refractivity contribution in [2.75, 3.05) is 38.1 Å². The largest absolute Gasteiger partial charge is 0.477 e. The van der Waals surface area contributed by atoms with Crippen molar-refractivity contribution in [2.45, 2.75) is 88.9 Å². The summed E-state index contributed by atoms with van der Waals surface area (Å²) in [6.07, 6.45) is 12.6. The first-order valence-corrected chi connectivity index (χ1v) is 18.5. The van der Waals surface area contributed by atoms with Crippen molar-refractivity contribution in [1.29, 1.82) is 0 Å². The van der Waals surface area contributed by atoms with Crippen LogP contribution in [-0.2, 0) is 36.0 Å². The Hall–Kier alpha value is -4.43. The molecule has 0 radical (unpaired) electrons. The van der Waals surface area contributed by atoms with E-state index in [4.69, 9.17) is 26.4 Å². The van der Waals surface area contributed by atoms with E-state index in [1.807, 2.05) is 6.07 Å².